The first-order valence-electron chi connectivity index (χ1n) is 19.6. The number of allylic oxidation sites excluding steroid dienone is 10. The van der Waals surface area contributed by atoms with E-state index in [1.165, 1.54) is 27.6 Å². The largest absolute Gasteiger partial charge is 0.314 e. The molecule has 0 saturated heterocycles. The van der Waals surface area contributed by atoms with E-state index in [9.17, 15) is 0 Å². The lowest BCUT2D eigenvalue weighted by atomic mass is 10.0. The average Bonchev–Trinajstić information content (AvgIpc) is 3.62. The van der Waals surface area contributed by atoms with Crippen molar-refractivity contribution in [2.24, 2.45) is 0 Å². The number of hydrogen-bond acceptors (Lipinski definition) is 3. The van der Waals surface area contributed by atoms with Crippen molar-refractivity contribution in [3.8, 4) is 0 Å². The molecule has 0 amide bonds. The second kappa shape index (κ2) is 15.8. The first-order chi connectivity index (χ1) is 28.1. The third kappa shape index (κ3) is 7.16. The lowest BCUT2D eigenvalue weighted by Gasteiger charge is -2.33. The van der Waals surface area contributed by atoms with Crippen LogP contribution in [0.4, 0.5) is 39.8 Å². The molecule has 3 nitrogen and oxygen atoms in total. The number of fused-ring (bicyclic) bond motifs is 3. The van der Waals surface area contributed by atoms with Crippen molar-refractivity contribution in [3.05, 3.63) is 234 Å². The van der Waals surface area contributed by atoms with Gasteiger partial charge in [-0.1, -0.05) is 140 Å². The number of benzene rings is 6. The maximum absolute atomic E-state index is 3.87. The van der Waals surface area contributed by atoms with Gasteiger partial charge in [-0.3, -0.25) is 0 Å². The minimum Gasteiger partial charge on any atom is -0.314 e. The fraction of sp³-hybridized carbons (Fsp3) is 0.0556. The maximum atomic E-state index is 3.87. The van der Waals surface area contributed by atoms with Crippen LogP contribution in [-0.4, -0.2) is 0 Å². The Kier molecular flexibility index (Phi) is 9.81. The summed E-state index contributed by atoms with van der Waals surface area (Å²) in [5.41, 5.74) is 18.1. The van der Waals surface area contributed by atoms with Crippen LogP contribution in [0.3, 0.4) is 0 Å². The van der Waals surface area contributed by atoms with E-state index >= 15 is 0 Å². The average molecular weight is 734 g/mol. The highest BCUT2D eigenvalue weighted by atomic mass is 15.2. The molecule has 0 aromatic heterocycles. The van der Waals surface area contributed by atoms with Gasteiger partial charge in [0, 0.05) is 34.1 Å². The summed E-state index contributed by atoms with van der Waals surface area (Å²) >= 11 is 0. The van der Waals surface area contributed by atoms with E-state index in [-0.39, 0.29) is 0 Å². The molecule has 0 radical (unpaired) electrons. The quantitative estimate of drug-likeness (QED) is 0.108. The third-order valence-corrected chi connectivity index (χ3v) is 10.7. The summed E-state index contributed by atoms with van der Waals surface area (Å²) in [4.78, 5) is 7.16. The summed E-state index contributed by atoms with van der Waals surface area (Å²) in [7, 11) is 0. The summed E-state index contributed by atoms with van der Waals surface area (Å²) in [6, 6.07) is 46.3. The van der Waals surface area contributed by atoms with E-state index in [0.717, 1.165) is 69.5 Å². The Bertz CT molecular complexity index is 2770. The van der Waals surface area contributed by atoms with Gasteiger partial charge in [0.25, 0.3) is 0 Å². The molecule has 1 aliphatic heterocycles. The van der Waals surface area contributed by atoms with Gasteiger partial charge in [0.05, 0.1) is 17.1 Å². The number of aryl methyl sites for hydroxylation is 1. The molecule has 0 bridgehead atoms. The molecule has 6 aromatic rings. The van der Waals surface area contributed by atoms with Gasteiger partial charge in [-0.2, -0.15) is 0 Å². The summed E-state index contributed by atoms with van der Waals surface area (Å²) in [5.74, 6) is 0. The van der Waals surface area contributed by atoms with E-state index in [1.54, 1.807) is 0 Å². The first-order valence-corrected chi connectivity index (χ1v) is 19.6. The second-order valence-electron chi connectivity index (χ2n) is 14.4. The normalized spacial score (nSPS) is 14.2. The SMILES string of the molecule is C=C/C=C\c1ccc(N(C2=CC=CCC2)c2ccc3c(c2)N(C2=C=CC=CC=C2)c2cc(N(c4ccccc4)c4ccc5ccccc5c4)ccc2C=C3)cc1C. The van der Waals surface area contributed by atoms with Gasteiger partial charge in [0.1, 0.15) is 0 Å². The van der Waals surface area contributed by atoms with Crippen LogP contribution in [0, 0.1) is 6.92 Å². The van der Waals surface area contributed by atoms with E-state index in [0.29, 0.717) is 0 Å². The molecule has 274 valence electrons. The fourth-order valence-electron chi connectivity index (χ4n) is 7.92. The summed E-state index contributed by atoms with van der Waals surface area (Å²) in [6.45, 7) is 6.05. The molecule has 0 saturated carbocycles. The van der Waals surface area contributed by atoms with Crippen LogP contribution in [-0.2, 0) is 0 Å². The van der Waals surface area contributed by atoms with Crippen LogP contribution in [0.1, 0.15) is 35.1 Å². The zero-order valence-corrected chi connectivity index (χ0v) is 32.1. The molecule has 1 heterocycles. The van der Waals surface area contributed by atoms with Crippen molar-refractivity contribution in [1.29, 1.82) is 0 Å². The van der Waals surface area contributed by atoms with Gasteiger partial charge in [-0.05, 0) is 132 Å². The Morgan fingerprint density at radius 2 is 1.30 bits per heavy atom. The van der Waals surface area contributed by atoms with E-state index in [1.807, 2.05) is 24.3 Å². The van der Waals surface area contributed by atoms with Crippen LogP contribution in [0.2, 0.25) is 0 Å². The van der Waals surface area contributed by atoms with Gasteiger partial charge in [0.15, 0.2) is 0 Å². The van der Waals surface area contributed by atoms with Crippen LogP contribution in [0.25, 0.3) is 29.0 Å². The number of para-hydroxylation sites is 1. The lowest BCUT2D eigenvalue weighted by Crippen LogP contribution is -2.20. The number of nitrogens with zero attached hydrogens (tertiary/aromatic N) is 3. The third-order valence-electron chi connectivity index (χ3n) is 10.7. The zero-order valence-electron chi connectivity index (χ0n) is 32.1. The Labute approximate surface area is 336 Å². The molecular weight excluding hydrogens is 691 g/mol. The molecule has 0 N–H and O–H groups in total. The van der Waals surface area contributed by atoms with Gasteiger partial charge in [-0.25, -0.2) is 0 Å². The molecule has 2 aliphatic carbocycles. The van der Waals surface area contributed by atoms with Crippen molar-refractivity contribution >= 4 is 68.8 Å². The standard InChI is InChI=1S/C54H43N3/c1-3-4-17-41-28-32-49(36-40(41)2)55(46-20-11-7-12-21-46)51-34-30-43-26-27-44-31-35-52(39-54(44)57(53(43)38-51)48-24-9-5-6-10-25-48)56(47-22-13-8-14-23-47)50-33-29-42-18-15-16-19-45(42)37-50/h3-11,13-20,22-24,26-39H,1,12,21H2,2H3/b17-4-. The maximum Gasteiger partial charge on any atom is 0.0890 e. The lowest BCUT2D eigenvalue weighted by molar-refractivity contribution is 0.917. The van der Waals surface area contributed by atoms with Crippen LogP contribution >= 0.6 is 0 Å². The van der Waals surface area contributed by atoms with Crippen molar-refractivity contribution in [3.63, 3.8) is 0 Å². The molecule has 9 rings (SSSR count). The zero-order chi connectivity index (χ0) is 38.6. The fourth-order valence-corrected chi connectivity index (χ4v) is 7.92. The van der Waals surface area contributed by atoms with Crippen LogP contribution in [0.15, 0.2) is 212 Å². The minimum absolute atomic E-state index is 0.951. The molecule has 0 atom stereocenters. The summed E-state index contributed by atoms with van der Waals surface area (Å²) < 4.78 is 0. The minimum atomic E-state index is 0.951. The number of hydrogen-bond donors (Lipinski definition) is 0. The monoisotopic (exact) mass is 733 g/mol. The first kappa shape index (κ1) is 35.4. The Morgan fingerprint density at radius 3 is 2.04 bits per heavy atom. The van der Waals surface area contributed by atoms with E-state index in [4.69, 9.17) is 0 Å². The van der Waals surface area contributed by atoms with Crippen molar-refractivity contribution in [1.82, 2.24) is 0 Å². The Balaban J connectivity index is 1.22. The van der Waals surface area contributed by atoms with Gasteiger partial charge < -0.3 is 14.7 Å². The molecule has 3 heteroatoms. The number of rotatable bonds is 9. The molecule has 3 aliphatic rings. The van der Waals surface area contributed by atoms with Crippen molar-refractivity contribution in [2.45, 2.75) is 19.8 Å². The Hall–Kier alpha value is -7.32. The van der Waals surface area contributed by atoms with E-state index in [2.05, 4.69) is 216 Å². The van der Waals surface area contributed by atoms with Gasteiger partial charge in [0.2, 0.25) is 0 Å². The molecule has 0 spiro atoms. The molecule has 6 aromatic carbocycles. The predicted octanol–water partition coefficient (Wildman–Crippen LogP) is 15.0. The van der Waals surface area contributed by atoms with Crippen LogP contribution < -0.4 is 14.7 Å². The van der Waals surface area contributed by atoms with E-state index < -0.39 is 0 Å². The molecule has 0 unspecified atom stereocenters. The summed E-state index contributed by atoms with van der Waals surface area (Å²) in [5, 5.41) is 2.42. The van der Waals surface area contributed by atoms with Crippen LogP contribution in [0.5, 0.6) is 0 Å². The second-order valence-corrected chi connectivity index (χ2v) is 14.4. The molecule has 57 heavy (non-hydrogen) atoms. The van der Waals surface area contributed by atoms with Gasteiger partial charge >= 0.3 is 0 Å². The predicted molar refractivity (Wildman–Crippen MR) is 245 cm³/mol. The topological polar surface area (TPSA) is 9.72 Å². The highest BCUT2D eigenvalue weighted by molar-refractivity contribution is 5.96. The number of anilines is 7. The Morgan fingerprint density at radius 1 is 0.614 bits per heavy atom. The molecule has 0 fully saturated rings. The van der Waals surface area contributed by atoms with Gasteiger partial charge in [-0.15, -0.1) is 0 Å². The highest BCUT2D eigenvalue weighted by Gasteiger charge is 2.26. The van der Waals surface area contributed by atoms with Crippen molar-refractivity contribution in [2.75, 3.05) is 14.7 Å². The highest BCUT2D eigenvalue weighted by Crippen LogP contribution is 2.46. The molecular formula is C54H43N3. The summed E-state index contributed by atoms with van der Waals surface area (Å²) in [6.07, 6.45) is 29.4. The smallest absolute Gasteiger partial charge is 0.0890 e. The van der Waals surface area contributed by atoms with Crippen molar-refractivity contribution < 1.29 is 0 Å².